The molecular formula is C19H20BrNO. The Morgan fingerprint density at radius 1 is 1.00 bits per heavy atom. The van der Waals surface area contributed by atoms with Crippen LogP contribution in [0.4, 0.5) is 0 Å². The number of rotatable bonds is 3. The van der Waals surface area contributed by atoms with E-state index in [4.69, 9.17) is 4.74 Å². The Labute approximate surface area is 140 Å². The summed E-state index contributed by atoms with van der Waals surface area (Å²) in [6, 6.07) is 13.3. The third-order valence-corrected chi connectivity index (χ3v) is 5.20. The van der Waals surface area contributed by atoms with Gasteiger partial charge in [-0.3, -0.25) is 0 Å². The minimum absolute atomic E-state index is 0.405. The highest BCUT2D eigenvalue weighted by Gasteiger charge is 2.21. The van der Waals surface area contributed by atoms with Gasteiger partial charge in [0.25, 0.3) is 0 Å². The van der Waals surface area contributed by atoms with Crippen molar-refractivity contribution in [2.45, 2.75) is 38.1 Å². The molecule has 2 aromatic carbocycles. The molecule has 2 aromatic rings. The van der Waals surface area contributed by atoms with Crippen molar-refractivity contribution in [3.8, 4) is 11.5 Å². The van der Waals surface area contributed by atoms with Gasteiger partial charge in [-0.25, -0.2) is 0 Å². The van der Waals surface area contributed by atoms with E-state index in [1.807, 2.05) is 0 Å². The fourth-order valence-corrected chi connectivity index (χ4v) is 3.95. The molecule has 0 bridgehead atoms. The second-order valence-corrected chi connectivity index (χ2v) is 7.13. The Morgan fingerprint density at radius 3 is 2.77 bits per heavy atom. The van der Waals surface area contributed by atoms with E-state index in [0.29, 0.717) is 6.04 Å². The van der Waals surface area contributed by atoms with Gasteiger partial charge in [0.2, 0.25) is 0 Å². The number of ether oxygens (including phenoxy) is 1. The SMILES string of the molecule is Brc1ccc(Oc2ccc3c(c2)CCC3)c(C2CCCN2)c1. The summed E-state index contributed by atoms with van der Waals surface area (Å²) in [6.45, 7) is 1.09. The summed E-state index contributed by atoms with van der Waals surface area (Å²) in [7, 11) is 0. The summed E-state index contributed by atoms with van der Waals surface area (Å²) in [4.78, 5) is 0. The van der Waals surface area contributed by atoms with Crippen LogP contribution in [0.25, 0.3) is 0 Å². The second-order valence-electron chi connectivity index (χ2n) is 6.22. The first-order valence-electron chi connectivity index (χ1n) is 8.12. The maximum absolute atomic E-state index is 6.24. The lowest BCUT2D eigenvalue weighted by Gasteiger charge is -2.17. The molecule has 22 heavy (non-hydrogen) atoms. The number of halogens is 1. The topological polar surface area (TPSA) is 21.3 Å². The van der Waals surface area contributed by atoms with Crippen LogP contribution in [-0.4, -0.2) is 6.54 Å². The number of aryl methyl sites for hydroxylation is 2. The molecule has 4 rings (SSSR count). The van der Waals surface area contributed by atoms with Gasteiger partial charge in [0.1, 0.15) is 11.5 Å². The molecule has 1 unspecified atom stereocenters. The normalized spacial score (nSPS) is 20.1. The van der Waals surface area contributed by atoms with Crippen LogP contribution < -0.4 is 10.1 Å². The summed E-state index contributed by atoms with van der Waals surface area (Å²) < 4.78 is 7.35. The van der Waals surface area contributed by atoms with Crippen LogP contribution >= 0.6 is 15.9 Å². The van der Waals surface area contributed by atoms with E-state index < -0.39 is 0 Å². The quantitative estimate of drug-likeness (QED) is 0.819. The highest BCUT2D eigenvalue weighted by atomic mass is 79.9. The lowest BCUT2D eigenvalue weighted by atomic mass is 10.0. The Hall–Kier alpha value is -1.32. The predicted molar refractivity (Wildman–Crippen MR) is 92.7 cm³/mol. The molecule has 3 heteroatoms. The maximum Gasteiger partial charge on any atom is 0.132 e. The summed E-state index contributed by atoms with van der Waals surface area (Å²) in [5.41, 5.74) is 4.20. The van der Waals surface area contributed by atoms with Gasteiger partial charge in [-0.1, -0.05) is 22.0 Å². The third kappa shape index (κ3) is 2.80. The van der Waals surface area contributed by atoms with Crippen LogP contribution in [0.5, 0.6) is 11.5 Å². The molecule has 0 aromatic heterocycles. The fraction of sp³-hybridized carbons (Fsp3) is 0.368. The van der Waals surface area contributed by atoms with E-state index in [1.54, 1.807) is 0 Å². The van der Waals surface area contributed by atoms with E-state index in [-0.39, 0.29) is 0 Å². The van der Waals surface area contributed by atoms with E-state index in [1.165, 1.54) is 48.8 Å². The zero-order valence-electron chi connectivity index (χ0n) is 12.6. The smallest absolute Gasteiger partial charge is 0.132 e. The van der Waals surface area contributed by atoms with Gasteiger partial charge < -0.3 is 10.1 Å². The first kappa shape index (κ1) is 14.3. The van der Waals surface area contributed by atoms with Gasteiger partial charge in [0.05, 0.1) is 0 Å². The first-order valence-corrected chi connectivity index (χ1v) is 8.91. The predicted octanol–water partition coefficient (Wildman–Crippen LogP) is 5.15. The highest BCUT2D eigenvalue weighted by Crippen LogP contribution is 2.36. The molecule has 1 atom stereocenters. The van der Waals surface area contributed by atoms with Crippen LogP contribution in [-0.2, 0) is 12.8 Å². The van der Waals surface area contributed by atoms with Gasteiger partial charge in [-0.15, -0.1) is 0 Å². The monoisotopic (exact) mass is 357 g/mol. The Morgan fingerprint density at radius 2 is 1.91 bits per heavy atom. The van der Waals surface area contributed by atoms with Gasteiger partial charge in [-0.2, -0.15) is 0 Å². The molecular weight excluding hydrogens is 338 g/mol. The lowest BCUT2D eigenvalue weighted by molar-refractivity contribution is 0.465. The van der Waals surface area contributed by atoms with Crippen molar-refractivity contribution >= 4 is 15.9 Å². The van der Waals surface area contributed by atoms with E-state index in [9.17, 15) is 0 Å². The summed E-state index contributed by atoms with van der Waals surface area (Å²) >= 11 is 3.59. The lowest BCUT2D eigenvalue weighted by Crippen LogP contribution is -2.13. The van der Waals surface area contributed by atoms with Crippen molar-refractivity contribution in [3.05, 3.63) is 57.6 Å². The minimum Gasteiger partial charge on any atom is -0.457 e. The first-order chi connectivity index (χ1) is 10.8. The summed E-state index contributed by atoms with van der Waals surface area (Å²) in [6.07, 6.45) is 6.08. The van der Waals surface area contributed by atoms with Gasteiger partial charge >= 0.3 is 0 Å². The zero-order valence-corrected chi connectivity index (χ0v) is 14.2. The molecule has 0 radical (unpaired) electrons. The highest BCUT2D eigenvalue weighted by molar-refractivity contribution is 9.10. The van der Waals surface area contributed by atoms with Crippen molar-refractivity contribution in [3.63, 3.8) is 0 Å². The van der Waals surface area contributed by atoms with E-state index in [0.717, 1.165) is 22.5 Å². The summed E-state index contributed by atoms with van der Waals surface area (Å²) in [5, 5.41) is 3.57. The van der Waals surface area contributed by atoms with Crippen molar-refractivity contribution in [2.24, 2.45) is 0 Å². The van der Waals surface area contributed by atoms with Gasteiger partial charge in [0, 0.05) is 16.1 Å². The van der Waals surface area contributed by atoms with Gasteiger partial charge in [-0.05, 0) is 80.1 Å². The average molecular weight is 358 g/mol. The minimum atomic E-state index is 0.405. The molecule has 1 aliphatic carbocycles. The zero-order chi connectivity index (χ0) is 14.9. The largest absolute Gasteiger partial charge is 0.457 e. The van der Waals surface area contributed by atoms with Crippen LogP contribution in [0.1, 0.15) is 42.0 Å². The standard InChI is InChI=1S/C19H20BrNO/c20-15-7-9-19(17(12-15)18-5-2-10-21-18)22-16-8-6-13-3-1-4-14(13)11-16/h6-9,11-12,18,21H,1-5,10H2. The second kappa shape index (κ2) is 6.05. The number of hydrogen-bond donors (Lipinski definition) is 1. The van der Waals surface area contributed by atoms with Crippen molar-refractivity contribution in [1.29, 1.82) is 0 Å². The molecule has 1 heterocycles. The van der Waals surface area contributed by atoms with Crippen molar-refractivity contribution < 1.29 is 4.74 Å². The molecule has 0 spiro atoms. The molecule has 1 fully saturated rings. The van der Waals surface area contributed by atoms with Crippen molar-refractivity contribution in [1.82, 2.24) is 5.32 Å². The van der Waals surface area contributed by atoms with Crippen LogP contribution in [0, 0.1) is 0 Å². The molecule has 1 aliphatic heterocycles. The Balaban J connectivity index is 1.64. The molecule has 2 nitrogen and oxygen atoms in total. The Bertz CT molecular complexity index is 692. The number of nitrogens with one attached hydrogen (secondary N) is 1. The third-order valence-electron chi connectivity index (χ3n) is 4.71. The molecule has 2 aliphatic rings. The van der Waals surface area contributed by atoms with Crippen molar-refractivity contribution in [2.75, 3.05) is 6.54 Å². The number of fused-ring (bicyclic) bond motifs is 1. The molecule has 1 saturated heterocycles. The summed E-state index contributed by atoms with van der Waals surface area (Å²) in [5.74, 6) is 1.93. The number of benzene rings is 2. The van der Waals surface area contributed by atoms with E-state index in [2.05, 4.69) is 57.6 Å². The van der Waals surface area contributed by atoms with Crippen LogP contribution in [0.15, 0.2) is 40.9 Å². The van der Waals surface area contributed by atoms with Crippen LogP contribution in [0.2, 0.25) is 0 Å². The molecule has 114 valence electrons. The average Bonchev–Trinajstić information content (AvgIpc) is 3.19. The Kier molecular flexibility index (Phi) is 3.93. The molecule has 0 amide bonds. The maximum atomic E-state index is 6.24. The van der Waals surface area contributed by atoms with Gasteiger partial charge in [0.15, 0.2) is 0 Å². The molecule has 1 N–H and O–H groups in total. The van der Waals surface area contributed by atoms with E-state index >= 15 is 0 Å². The fourth-order valence-electron chi connectivity index (χ4n) is 3.57. The molecule has 0 saturated carbocycles. The number of hydrogen-bond acceptors (Lipinski definition) is 2. The van der Waals surface area contributed by atoms with Crippen LogP contribution in [0.3, 0.4) is 0 Å².